The van der Waals surface area contributed by atoms with Gasteiger partial charge in [0, 0.05) is 25.3 Å². The SMILES string of the molecule is Cc1[nH]cnc1CN1C[C@@H](O)[C@H](Oc2ccccc2)C1. The zero-order chi connectivity index (χ0) is 13.9. The van der Waals surface area contributed by atoms with Gasteiger partial charge < -0.3 is 14.8 Å². The molecule has 1 aromatic carbocycles. The molecule has 1 aliphatic heterocycles. The van der Waals surface area contributed by atoms with Gasteiger partial charge >= 0.3 is 0 Å². The molecular formula is C15H19N3O2. The number of hydrogen-bond donors (Lipinski definition) is 2. The number of aromatic amines is 1. The number of rotatable bonds is 4. The number of likely N-dealkylation sites (tertiary alicyclic amines) is 1. The second kappa shape index (κ2) is 5.64. The van der Waals surface area contributed by atoms with Gasteiger partial charge in [0.05, 0.1) is 12.0 Å². The van der Waals surface area contributed by atoms with Crippen molar-refractivity contribution in [2.75, 3.05) is 13.1 Å². The van der Waals surface area contributed by atoms with Crippen LogP contribution in [0.15, 0.2) is 36.7 Å². The number of ether oxygens (including phenoxy) is 1. The number of imidazole rings is 1. The van der Waals surface area contributed by atoms with Gasteiger partial charge in [-0.2, -0.15) is 0 Å². The summed E-state index contributed by atoms with van der Waals surface area (Å²) in [5.74, 6) is 0.800. The third kappa shape index (κ3) is 2.84. The van der Waals surface area contributed by atoms with Crippen LogP contribution in [0.2, 0.25) is 0 Å². The summed E-state index contributed by atoms with van der Waals surface area (Å²) in [6.07, 6.45) is 1.06. The van der Waals surface area contributed by atoms with Crippen molar-refractivity contribution >= 4 is 0 Å². The molecule has 0 spiro atoms. The fraction of sp³-hybridized carbons (Fsp3) is 0.400. The van der Waals surface area contributed by atoms with E-state index in [1.54, 1.807) is 6.33 Å². The maximum atomic E-state index is 10.1. The van der Waals surface area contributed by atoms with E-state index in [0.717, 1.165) is 23.7 Å². The van der Waals surface area contributed by atoms with Crippen molar-refractivity contribution in [1.82, 2.24) is 14.9 Å². The number of β-amino-alcohol motifs (C(OH)–C–C–N with tert-alkyl or cyclic N) is 1. The number of aryl methyl sites for hydroxylation is 1. The van der Waals surface area contributed by atoms with Crippen LogP contribution in [0.3, 0.4) is 0 Å². The summed E-state index contributed by atoms with van der Waals surface area (Å²) in [6.45, 7) is 4.07. The van der Waals surface area contributed by atoms with E-state index in [1.165, 1.54) is 0 Å². The highest BCUT2D eigenvalue weighted by Crippen LogP contribution is 2.20. The Morgan fingerprint density at radius 2 is 2.15 bits per heavy atom. The zero-order valence-corrected chi connectivity index (χ0v) is 11.5. The number of aliphatic hydroxyl groups is 1. The molecule has 0 radical (unpaired) electrons. The third-order valence-electron chi connectivity index (χ3n) is 3.65. The molecule has 106 valence electrons. The summed E-state index contributed by atoms with van der Waals surface area (Å²) in [5.41, 5.74) is 2.10. The van der Waals surface area contributed by atoms with E-state index < -0.39 is 6.10 Å². The van der Waals surface area contributed by atoms with Gasteiger partial charge in [-0.15, -0.1) is 0 Å². The second-order valence-corrected chi connectivity index (χ2v) is 5.21. The van der Waals surface area contributed by atoms with Crippen LogP contribution in [0.5, 0.6) is 5.75 Å². The molecule has 5 nitrogen and oxygen atoms in total. The van der Waals surface area contributed by atoms with Crippen LogP contribution < -0.4 is 4.74 Å². The molecule has 0 unspecified atom stereocenters. The third-order valence-corrected chi connectivity index (χ3v) is 3.65. The van der Waals surface area contributed by atoms with Gasteiger partial charge in [-0.25, -0.2) is 4.98 Å². The Labute approximate surface area is 118 Å². The van der Waals surface area contributed by atoms with Gasteiger partial charge in [0.2, 0.25) is 0 Å². The van der Waals surface area contributed by atoms with Crippen LogP contribution in [0.4, 0.5) is 0 Å². The number of para-hydroxylation sites is 1. The smallest absolute Gasteiger partial charge is 0.138 e. The van der Waals surface area contributed by atoms with Crippen LogP contribution in [0.1, 0.15) is 11.4 Å². The molecule has 1 aromatic heterocycles. The quantitative estimate of drug-likeness (QED) is 0.882. The van der Waals surface area contributed by atoms with Crippen molar-refractivity contribution in [2.45, 2.75) is 25.7 Å². The molecule has 20 heavy (non-hydrogen) atoms. The Balaban J connectivity index is 1.61. The molecule has 2 heterocycles. The Morgan fingerprint density at radius 1 is 1.35 bits per heavy atom. The number of nitrogens with zero attached hydrogens (tertiary/aromatic N) is 2. The lowest BCUT2D eigenvalue weighted by Crippen LogP contribution is -2.29. The van der Waals surface area contributed by atoms with E-state index >= 15 is 0 Å². The van der Waals surface area contributed by atoms with Gasteiger partial charge in [0.15, 0.2) is 0 Å². The summed E-state index contributed by atoms with van der Waals surface area (Å²) in [4.78, 5) is 9.54. The first-order valence-corrected chi connectivity index (χ1v) is 6.83. The minimum atomic E-state index is -0.463. The summed E-state index contributed by atoms with van der Waals surface area (Å²) in [5, 5.41) is 10.1. The monoisotopic (exact) mass is 273 g/mol. The minimum absolute atomic E-state index is 0.184. The first-order chi connectivity index (χ1) is 9.72. The van der Waals surface area contributed by atoms with Crippen molar-refractivity contribution in [3.05, 3.63) is 48.0 Å². The van der Waals surface area contributed by atoms with E-state index in [2.05, 4.69) is 14.9 Å². The molecule has 1 saturated heterocycles. The molecule has 3 rings (SSSR count). The highest BCUT2D eigenvalue weighted by molar-refractivity contribution is 5.21. The van der Waals surface area contributed by atoms with Crippen molar-refractivity contribution in [2.24, 2.45) is 0 Å². The topological polar surface area (TPSA) is 61.4 Å². The van der Waals surface area contributed by atoms with Crippen molar-refractivity contribution in [1.29, 1.82) is 0 Å². The molecule has 2 N–H and O–H groups in total. The van der Waals surface area contributed by atoms with Gasteiger partial charge in [-0.05, 0) is 19.1 Å². The molecule has 0 bridgehead atoms. The molecule has 0 aliphatic carbocycles. The maximum Gasteiger partial charge on any atom is 0.138 e. The second-order valence-electron chi connectivity index (χ2n) is 5.21. The lowest BCUT2D eigenvalue weighted by molar-refractivity contribution is 0.0737. The number of hydrogen-bond acceptors (Lipinski definition) is 4. The number of aliphatic hydroxyl groups excluding tert-OH is 1. The summed E-state index contributed by atoms with van der Waals surface area (Å²) in [7, 11) is 0. The van der Waals surface area contributed by atoms with Crippen LogP contribution in [-0.4, -0.2) is 45.3 Å². The highest BCUT2D eigenvalue weighted by atomic mass is 16.5. The van der Waals surface area contributed by atoms with Crippen molar-refractivity contribution < 1.29 is 9.84 Å². The Bertz CT molecular complexity index is 555. The molecule has 5 heteroatoms. The summed E-state index contributed by atoms with van der Waals surface area (Å²) in [6, 6.07) is 9.63. The fourth-order valence-electron chi connectivity index (χ4n) is 2.51. The maximum absolute atomic E-state index is 10.1. The molecule has 1 aliphatic rings. The van der Waals surface area contributed by atoms with Crippen molar-refractivity contribution in [3.63, 3.8) is 0 Å². The Hall–Kier alpha value is -1.85. The Kier molecular flexibility index (Phi) is 3.71. The van der Waals surface area contributed by atoms with E-state index in [1.807, 2.05) is 37.3 Å². The lowest BCUT2D eigenvalue weighted by atomic mass is 10.2. The number of aromatic nitrogens is 2. The van der Waals surface area contributed by atoms with E-state index in [0.29, 0.717) is 13.1 Å². The van der Waals surface area contributed by atoms with Crippen LogP contribution >= 0.6 is 0 Å². The van der Waals surface area contributed by atoms with E-state index in [-0.39, 0.29) is 6.10 Å². The standard InChI is InChI=1S/C15H19N3O2/c1-11-13(17-10-16-11)7-18-8-14(19)15(9-18)20-12-5-3-2-4-6-12/h2-6,10,14-15,19H,7-9H2,1H3,(H,16,17)/t14-,15-/m1/s1. The van der Waals surface area contributed by atoms with Crippen LogP contribution in [0, 0.1) is 6.92 Å². The average molecular weight is 273 g/mol. The normalized spacial score (nSPS) is 23.1. The largest absolute Gasteiger partial charge is 0.486 e. The minimum Gasteiger partial charge on any atom is -0.486 e. The van der Waals surface area contributed by atoms with Gasteiger partial charge in [-0.3, -0.25) is 4.90 Å². The van der Waals surface area contributed by atoms with Crippen LogP contribution in [0.25, 0.3) is 0 Å². The molecule has 0 saturated carbocycles. The molecule has 1 fully saturated rings. The van der Waals surface area contributed by atoms with Gasteiger partial charge in [0.1, 0.15) is 18.0 Å². The zero-order valence-electron chi connectivity index (χ0n) is 11.5. The molecule has 2 aromatic rings. The van der Waals surface area contributed by atoms with E-state index in [4.69, 9.17) is 4.74 Å². The van der Waals surface area contributed by atoms with Gasteiger partial charge in [0.25, 0.3) is 0 Å². The van der Waals surface area contributed by atoms with Gasteiger partial charge in [-0.1, -0.05) is 18.2 Å². The predicted molar refractivity (Wildman–Crippen MR) is 75.5 cm³/mol. The predicted octanol–water partition coefficient (Wildman–Crippen LogP) is 1.34. The summed E-state index contributed by atoms with van der Waals surface area (Å²) >= 11 is 0. The Morgan fingerprint density at radius 3 is 2.85 bits per heavy atom. The molecular weight excluding hydrogens is 254 g/mol. The van der Waals surface area contributed by atoms with E-state index in [9.17, 15) is 5.11 Å². The van der Waals surface area contributed by atoms with Crippen molar-refractivity contribution in [3.8, 4) is 5.75 Å². The lowest BCUT2D eigenvalue weighted by Gasteiger charge is -2.16. The average Bonchev–Trinajstić information content (AvgIpc) is 2.99. The molecule has 2 atom stereocenters. The first kappa shape index (κ1) is 13.1. The number of H-pyrrole nitrogens is 1. The fourth-order valence-corrected chi connectivity index (χ4v) is 2.51. The van der Waals surface area contributed by atoms with Crippen LogP contribution in [-0.2, 0) is 6.54 Å². The molecule has 0 amide bonds. The number of benzene rings is 1. The highest BCUT2D eigenvalue weighted by Gasteiger charge is 2.33. The number of nitrogens with one attached hydrogen (secondary N) is 1. The summed E-state index contributed by atoms with van der Waals surface area (Å²) < 4.78 is 5.85. The first-order valence-electron chi connectivity index (χ1n) is 6.83.